The summed E-state index contributed by atoms with van der Waals surface area (Å²) in [6.07, 6.45) is 1.61. The molecule has 15 heavy (non-hydrogen) atoms. The van der Waals surface area contributed by atoms with E-state index in [-0.39, 0.29) is 5.91 Å². The molecule has 0 aliphatic carbocycles. The smallest absolute Gasteiger partial charge is 0.254 e. The zero-order chi connectivity index (χ0) is 11.4. The van der Waals surface area contributed by atoms with Gasteiger partial charge in [0.2, 0.25) is 0 Å². The lowest BCUT2D eigenvalue weighted by Gasteiger charge is -2.01. The summed E-state index contributed by atoms with van der Waals surface area (Å²) < 4.78 is 16.0. The Morgan fingerprint density at radius 2 is 2.20 bits per heavy atom. The Labute approximate surface area is 91.5 Å². The molecule has 0 bridgehead atoms. The molecule has 0 aliphatic heterocycles. The van der Waals surface area contributed by atoms with Gasteiger partial charge in [-0.15, -0.1) is 0 Å². The molecular weight excluding hydrogens is 214 g/mol. The van der Waals surface area contributed by atoms with Gasteiger partial charge in [-0.3, -0.25) is 9.00 Å². The van der Waals surface area contributed by atoms with Crippen molar-refractivity contribution in [3.05, 3.63) is 23.2 Å². The van der Waals surface area contributed by atoms with E-state index >= 15 is 0 Å². The summed E-state index contributed by atoms with van der Waals surface area (Å²) in [5, 5.41) is 2.69. The van der Waals surface area contributed by atoms with Crippen molar-refractivity contribution in [2.75, 3.05) is 18.6 Å². The van der Waals surface area contributed by atoms with Gasteiger partial charge in [0, 0.05) is 29.4 Å². The molecule has 1 aromatic rings. The van der Waals surface area contributed by atoms with Crippen LogP contribution in [0.5, 0.6) is 0 Å². The molecule has 84 valence electrons. The average molecular weight is 229 g/mol. The fourth-order valence-electron chi connectivity index (χ4n) is 1.26. The van der Waals surface area contributed by atoms with Crippen molar-refractivity contribution in [3.8, 4) is 0 Å². The van der Waals surface area contributed by atoms with Gasteiger partial charge in [0.1, 0.15) is 11.5 Å². The third kappa shape index (κ3) is 3.51. The van der Waals surface area contributed by atoms with Crippen LogP contribution in [0.15, 0.2) is 10.5 Å². The Morgan fingerprint density at radius 1 is 1.53 bits per heavy atom. The maximum atomic E-state index is 11.6. The van der Waals surface area contributed by atoms with Crippen LogP contribution >= 0.6 is 0 Å². The lowest BCUT2D eigenvalue weighted by molar-refractivity contribution is 0.0954. The van der Waals surface area contributed by atoms with Crippen molar-refractivity contribution in [1.82, 2.24) is 5.32 Å². The minimum Gasteiger partial charge on any atom is -0.466 e. The van der Waals surface area contributed by atoms with Gasteiger partial charge in [-0.25, -0.2) is 0 Å². The highest BCUT2D eigenvalue weighted by atomic mass is 32.2. The summed E-state index contributed by atoms with van der Waals surface area (Å²) in [6, 6.07) is 1.70. The molecule has 0 aromatic carbocycles. The first-order valence-corrected chi connectivity index (χ1v) is 6.38. The number of amides is 1. The number of hydrogen-bond donors (Lipinski definition) is 1. The molecule has 0 radical (unpaired) electrons. The molecule has 1 N–H and O–H groups in total. The van der Waals surface area contributed by atoms with Gasteiger partial charge in [-0.05, 0) is 19.9 Å². The largest absolute Gasteiger partial charge is 0.466 e. The predicted octanol–water partition coefficient (Wildman–Crippen LogP) is 1.00. The average Bonchev–Trinajstić information content (AvgIpc) is 2.44. The second-order valence-electron chi connectivity index (χ2n) is 3.36. The normalized spacial score (nSPS) is 12.5. The fourth-order valence-corrected chi connectivity index (χ4v) is 1.65. The minimum atomic E-state index is -0.877. The van der Waals surface area contributed by atoms with Gasteiger partial charge >= 0.3 is 0 Å². The SMILES string of the molecule is Cc1cc(C(=O)NCC[S@@](C)=O)c(C)o1. The minimum absolute atomic E-state index is 0.171. The van der Waals surface area contributed by atoms with Crippen LogP contribution < -0.4 is 5.32 Å². The summed E-state index contributed by atoms with van der Waals surface area (Å²) in [5.41, 5.74) is 0.550. The van der Waals surface area contributed by atoms with Gasteiger partial charge < -0.3 is 9.73 Å². The number of nitrogens with one attached hydrogen (secondary N) is 1. The van der Waals surface area contributed by atoms with Crippen molar-refractivity contribution >= 4 is 16.7 Å². The summed E-state index contributed by atoms with van der Waals surface area (Å²) in [5.74, 6) is 1.64. The van der Waals surface area contributed by atoms with E-state index in [9.17, 15) is 9.00 Å². The lowest BCUT2D eigenvalue weighted by atomic mass is 10.2. The number of furan rings is 1. The Kier molecular flexibility index (Phi) is 4.08. The molecule has 1 heterocycles. The van der Waals surface area contributed by atoms with Crippen LogP contribution in [0.4, 0.5) is 0 Å². The molecule has 1 atom stereocenters. The Bertz CT molecular complexity index is 384. The van der Waals surface area contributed by atoms with Crippen LogP contribution in [0.3, 0.4) is 0 Å². The van der Waals surface area contributed by atoms with E-state index in [0.717, 1.165) is 5.76 Å². The third-order valence-corrected chi connectivity index (χ3v) is 2.74. The summed E-state index contributed by atoms with van der Waals surface area (Å²) in [7, 11) is -0.877. The number of aryl methyl sites for hydroxylation is 2. The highest BCUT2D eigenvalue weighted by Gasteiger charge is 2.12. The lowest BCUT2D eigenvalue weighted by Crippen LogP contribution is -2.27. The van der Waals surface area contributed by atoms with Crippen LogP contribution in [-0.2, 0) is 10.8 Å². The predicted molar refractivity (Wildman–Crippen MR) is 59.4 cm³/mol. The van der Waals surface area contributed by atoms with Crippen LogP contribution in [0.1, 0.15) is 21.9 Å². The highest BCUT2D eigenvalue weighted by molar-refractivity contribution is 7.84. The first kappa shape index (κ1) is 12.0. The van der Waals surface area contributed by atoms with Crippen molar-refractivity contribution in [1.29, 1.82) is 0 Å². The summed E-state index contributed by atoms with van der Waals surface area (Å²) in [6.45, 7) is 3.97. The molecule has 0 saturated carbocycles. The molecule has 0 aliphatic rings. The first-order chi connectivity index (χ1) is 7.00. The van der Waals surface area contributed by atoms with Crippen LogP contribution in [-0.4, -0.2) is 28.7 Å². The molecule has 1 aromatic heterocycles. The molecule has 0 saturated heterocycles. The molecule has 0 spiro atoms. The second-order valence-corrected chi connectivity index (χ2v) is 4.91. The first-order valence-electron chi connectivity index (χ1n) is 4.66. The van der Waals surface area contributed by atoms with Crippen molar-refractivity contribution < 1.29 is 13.4 Å². The zero-order valence-electron chi connectivity index (χ0n) is 9.12. The molecular formula is C10H15NO3S. The third-order valence-electron chi connectivity index (χ3n) is 1.96. The number of carbonyl (C=O) groups excluding carboxylic acids is 1. The van der Waals surface area contributed by atoms with E-state index in [0.29, 0.717) is 23.6 Å². The number of hydrogen-bond acceptors (Lipinski definition) is 3. The number of rotatable bonds is 4. The highest BCUT2D eigenvalue weighted by Crippen LogP contribution is 2.12. The van der Waals surface area contributed by atoms with Gasteiger partial charge in [0.05, 0.1) is 5.56 Å². The summed E-state index contributed by atoms with van der Waals surface area (Å²) in [4.78, 5) is 11.6. The van der Waals surface area contributed by atoms with E-state index in [1.54, 1.807) is 26.2 Å². The van der Waals surface area contributed by atoms with Crippen molar-refractivity contribution in [2.45, 2.75) is 13.8 Å². The quantitative estimate of drug-likeness (QED) is 0.838. The molecule has 5 heteroatoms. The molecule has 1 rings (SSSR count). The van der Waals surface area contributed by atoms with Crippen molar-refractivity contribution in [3.63, 3.8) is 0 Å². The van der Waals surface area contributed by atoms with Gasteiger partial charge in [0.25, 0.3) is 5.91 Å². The standard InChI is InChI=1S/C10H15NO3S/c1-7-6-9(8(2)14-7)10(12)11-4-5-15(3)13/h6H,4-5H2,1-3H3,(H,11,12)/t15-/m1/s1. The monoisotopic (exact) mass is 229 g/mol. The number of carbonyl (C=O) groups is 1. The maximum Gasteiger partial charge on any atom is 0.254 e. The van der Waals surface area contributed by atoms with E-state index in [1.165, 1.54) is 0 Å². The Morgan fingerprint density at radius 3 is 2.67 bits per heavy atom. The second kappa shape index (κ2) is 5.11. The summed E-state index contributed by atoms with van der Waals surface area (Å²) >= 11 is 0. The van der Waals surface area contributed by atoms with Gasteiger partial charge in [-0.2, -0.15) is 0 Å². The molecule has 0 unspecified atom stereocenters. The van der Waals surface area contributed by atoms with Gasteiger partial charge in [-0.1, -0.05) is 0 Å². The Balaban J connectivity index is 2.54. The van der Waals surface area contributed by atoms with Gasteiger partial charge in [0.15, 0.2) is 0 Å². The van der Waals surface area contributed by atoms with Crippen molar-refractivity contribution in [2.24, 2.45) is 0 Å². The van der Waals surface area contributed by atoms with Crippen LogP contribution in [0, 0.1) is 13.8 Å². The molecule has 0 fully saturated rings. The molecule has 1 amide bonds. The fraction of sp³-hybridized carbons (Fsp3) is 0.500. The van der Waals surface area contributed by atoms with E-state index in [1.807, 2.05) is 0 Å². The van der Waals surface area contributed by atoms with E-state index < -0.39 is 10.8 Å². The van der Waals surface area contributed by atoms with E-state index in [4.69, 9.17) is 4.42 Å². The Hall–Kier alpha value is -1.10. The maximum absolute atomic E-state index is 11.6. The van der Waals surface area contributed by atoms with Crippen LogP contribution in [0.25, 0.3) is 0 Å². The molecule has 4 nitrogen and oxygen atoms in total. The van der Waals surface area contributed by atoms with Crippen LogP contribution in [0.2, 0.25) is 0 Å². The van der Waals surface area contributed by atoms with E-state index in [2.05, 4.69) is 5.32 Å². The zero-order valence-corrected chi connectivity index (χ0v) is 9.94. The topological polar surface area (TPSA) is 59.3 Å².